The van der Waals surface area contributed by atoms with Crippen LogP contribution in [0.1, 0.15) is 5.82 Å². The van der Waals surface area contributed by atoms with Gasteiger partial charge < -0.3 is 15.0 Å². The van der Waals surface area contributed by atoms with E-state index in [1.165, 1.54) is 16.0 Å². The number of nitro groups is 1. The van der Waals surface area contributed by atoms with Crippen molar-refractivity contribution >= 4 is 11.6 Å². The average Bonchev–Trinajstić information content (AvgIpc) is 2.82. The lowest BCUT2D eigenvalue weighted by Crippen LogP contribution is -2.40. The highest BCUT2D eigenvalue weighted by atomic mass is 16.8. The van der Waals surface area contributed by atoms with Crippen LogP contribution in [0.3, 0.4) is 0 Å². The molecule has 0 radical (unpaired) electrons. The summed E-state index contributed by atoms with van der Waals surface area (Å²) in [6.07, 6.45) is 2.77. The van der Waals surface area contributed by atoms with Crippen LogP contribution in [0.2, 0.25) is 0 Å². The Balaban J connectivity index is 2.23. The molecule has 0 atom stereocenters. The maximum absolute atomic E-state index is 10.7. The Hall–Kier alpha value is -2.13. The number of rotatable bonds is 3. The van der Waals surface area contributed by atoms with Gasteiger partial charge in [0.15, 0.2) is 0 Å². The fourth-order valence-corrected chi connectivity index (χ4v) is 1.36. The van der Waals surface area contributed by atoms with Gasteiger partial charge in [0.05, 0.1) is 13.2 Å². The second kappa shape index (κ2) is 4.03. The van der Waals surface area contributed by atoms with Gasteiger partial charge in [0.1, 0.15) is 6.20 Å². The Morgan fingerprint density at radius 3 is 2.76 bits per heavy atom. The van der Waals surface area contributed by atoms with Crippen molar-refractivity contribution in [3.8, 4) is 0 Å². The van der Waals surface area contributed by atoms with Gasteiger partial charge in [0, 0.05) is 19.4 Å². The first-order chi connectivity index (χ1) is 8.00. The molecule has 9 heteroatoms. The topological polar surface area (TPSA) is 88.7 Å². The summed E-state index contributed by atoms with van der Waals surface area (Å²) in [4.78, 5) is 19.5. The third-order valence-electron chi connectivity index (χ3n) is 2.23. The van der Waals surface area contributed by atoms with Gasteiger partial charge in [-0.25, -0.2) is 9.55 Å². The van der Waals surface area contributed by atoms with Gasteiger partial charge in [-0.15, -0.1) is 0 Å². The van der Waals surface area contributed by atoms with E-state index >= 15 is 0 Å². The lowest BCUT2D eigenvalue weighted by Gasteiger charge is -2.21. The van der Waals surface area contributed by atoms with E-state index in [1.54, 1.807) is 32.4 Å². The average molecular weight is 240 g/mol. The summed E-state index contributed by atoms with van der Waals surface area (Å²) in [7, 11) is 5.12. The lowest BCUT2D eigenvalue weighted by atomic mass is 10.5. The van der Waals surface area contributed by atoms with Crippen LogP contribution < -0.4 is 5.43 Å². The minimum absolute atomic E-state index is 0.0900. The summed E-state index contributed by atoms with van der Waals surface area (Å²) in [6, 6.07) is 0. The fourth-order valence-electron chi connectivity index (χ4n) is 1.36. The Kier molecular flexibility index (Phi) is 2.69. The van der Waals surface area contributed by atoms with Crippen molar-refractivity contribution < 1.29 is 9.76 Å². The molecular weight excluding hydrogens is 228 g/mol. The summed E-state index contributed by atoms with van der Waals surface area (Å²) in [5.41, 5.74) is 2.82. The molecule has 1 aromatic heterocycles. The molecule has 2 rings (SSSR count). The van der Waals surface area contributed by atoms with E-state index in [9.17, 15) is 10.1 Å². The Labute approximate surface area is 96.9 Å². The third-order valence-corrected chi connectivity index (χ3v) is 2.23. The maximum atomic E-state index is 10.7. The largest absolute Gasteiger partial charge is 0.363 e. The second-order valence-corrected chi connectivity index (χ2v) is 3.61. The van der Waals surface area contributed by atoms with Crippen LogP contribution in [0.15, 0.2) is 12.4 Å². The van der Waals surface area contributed by atoms with Crippen molar-refractivity contribution in [1.82, 2.24) is 25.3 Å². The first kappa shape index (κ1) is 11.4. The molecule has 0 amide bonds. The molecule has 1 aliphatic rings. The smallest absolute Gasteiger partial charge is 0.343 e. The molecule has 0 aliphatic carbocycles. The van der Waals surface area contributed by atoms with Gasteiger partial charge in [-0.3, -0.25) is 5.43 Å². The molecule has 9 nitrogen and oxygen atoms in total. The third kappa shape index (κ3) is 1.92. The molecule has 2 heterocycles. The number of hydrogen-bond donors (Lipinski definition) is 1. The molecule has 0 saturated heterocycles. The van der Waals surface area contributed by atoms with Gasteiger partial charge in [-0.2, -0.15) is 5.01 Å². The zero-order valence-electron chi connectivity index (χ0n) is 9.62. The predicted octanol–water partition coefficient (Wildman–Crippen LogP) is -0.145. The number of imidazole rings is 1. The maximum Gasteiger partial charge on any atom is 0.343 e. The van der Waals surface area contributed by atoms with E-state index in [1.807, 2.05) is 0 Å². The van der Waals surface area contributed by atoms with E-state index in [4.69, 9.17) is 4.84 Å². The van der Waals surface area contributed by atoms with E-state index in [-0.39, 0.29) is 5.82 Å². The van der Waals surface area contributed by atoms with Crippen molar-refractivity contribution in [2.75, 3.05) is 14.1 Å². The van der Waals surface area contributed by atoms with Crippen LogP contribution in [0.4, 0.5) is 5.82 Å². The van der Waals surface area contributed by atoms with Gasteiger partial charge in [-0.1, -0.05) is 0 Å². The summed E-state index contributed by atoms with van der Waals surface area (Å²) in [5, 5.41) is 13.7. The van der Waals surface area contributed by atoms with Gasteiger partial charge in [-0.05, 0) is 4.92 Å². The molecule has 0 fully saturated rings. The van der Waals surface area contributed by atoms with Crippen LogP contribution in [0, 0.1) is 10.1 Å². The highest BCUT2D eigenvalue weighted by molar-refractivity contribution is 5.55. The van der Waals surface area contributed by atoms with Crippen molar-refractivity contribution in [3.05, 3.63) is 28.3 Å². The second-order valence-electron chi connectivity index (χ2n) is 3.61. The van der Waals surface area contributed by atoms with Crippen molar-refractivity contribution in [1.29, 1.82) is 0 Å². The van der Waals surface area contributed by atoms with E-state index in [0.29, 0.717) is 11.6 Å². The summed E-state index contributed by atoms with van der Waals surface area (Å²) in [6.45, 7) is 0. The Bertz CT molecular complexity index is 480. The molecule has 1 aromatic rings. The molecule has 17 heavy (non-hydrogen) atoms. The molecule has 1 N–H and O–H groups in total. The van der Waals surface area contributed by atoms with E-state index in [2.05, 4.69) is 10.4 Å². The molecule has 0 aromatic carbocycles. The normalized spacial score (nSPS) is 15.6. The van der Waals surface area contributed by atoms with Crippen LogP contribution >= 0.6 is 0 Å². The lowest BCUT2D eigenvalue weighted by molar-refractivity contribution is -0.391. The highest BCUT2D eigenvalue weighted by Crippen LogP contribution is 2.22. The standard InChI is InChI=1S/C8H12N6O3/c1-11(2)14-10-4-6(17-14)8-9-5-7(12(8)3)13(15)16/h4-5,10H,1-3H3. The van der Waals surface area contributed by atoms with Crippen molar-refractivity contribution in [2.45, 2.75) is 0 Å². The quantitative estimate of drug-likeness (QED) is 0.580. The van der Waals surface area contributed by atoms with Crippen LogP contribution in [0.25, 0.3) is 5.76 Å². The van der Waals surface area contributed by atoms with E-state index in [0.717, 1.165) is 0 Å². The van der Waals surface area contributed by atoms with Gasteiger partial charge in [0.2, 0.25) is 5.76 Å². The molecule has 0 unspecified atom stereocenters. The molecule has 0 bridgehead atoms. The molecule has 0 spiro atoms. The Morgan fingerprint density at radius 2 is 2.29 bits per heavy atom. The van der Waals surface area contributed by atoms with Gasteiger partial charge in [0.25, 0.3) is 5.82 Å². The first-order valence-electron chi connectivity index (χ1n) is 4.79. The van der Waals surface area contributed by atoms with Crippen molar-refractivity contribution in [3.63, 3.8) is 0 Å². The monoisotopic (exact) mass is 240 g/mol. The molecule has 92 valence electrons. The zero-order chi connectivity index (χ0) is 12.6. The van der Waals surface area contributed by atoms with Crippen LogP contribution in [-0.2, 0) is 11.9 Å². The number of hydrazine groups is 2. The number of hydrogen-bond acceptors (Lipinski definition) is 7. The summed E-state index contributed by atoms with van der Waals surface area (Å²) < 4.78 is 1.35. The van der Waals surface area contributed by atoms with E-state index < -0.39 is 4.92 Å². The number of aromatic nitrogens is 2. The molecule has 0 saturated carbocycles. The number of nitrogens with one attached hydrogen (secondary N) is 1. The van der Waals surface area contributed by atoms with Crippen LogP contribution in [0.5, 0.6) is 0 Å². The van der Waals surface area contributed by atoms with Gasteiger partial charge >= 0.3 is 5.82 Å². The summed E-state index contributed by atoms with van der Waals surface area (Å²) >= 11 is 0. The minimum atomic E-state index is -0.497. The summed E-state index contributed by atoms with van der Waals surface area (Å²) in [5.74, 6) is 0.704. The zero-order valence-corrected chi connectivity index (χ0v) is 9.62. The van der Waals surface area contributed by atoms with Crippen molar-refractivity contribution in [2.24, 2.45) is 7.05 Å². The molecular formula is C8H12N6O3. The number of nitrogens with zero attached hydrogens (tertiary/aromatic N) is 5. The Morgan fingerprint density at radius 1 is 1.59 bits per heavy atom. The first-order valence-corrected chi connectivity index (χ1v) is 4.79. The predicted molar refractivity (Wildman–Crippen MR) is 57.6 cm³/mol. The minimum Gasteiger partial charge on any atom is -0.363 e. The SMILES string of the molecule is CN(C)N1NC=C(c2ncc([N+](=O)[O-])n2C)O1. The fraction of sp³-hybridized carbons (Fsp3) is 0.375. The highest BCUT2D eigenvalue weighted by Gasteiger charge is 2.27. The van der Waals surface area contributed by atoms with Crippen LogP contribution in [-0.4, -0.2) is 38.9 Å². The molecule has 1 aliphatic heterocycles.